The molecule has 6 nitrogen and oxygen atoms in total. The molecule has 0 saturated carbocycles. The van der Waals surface area contributed by atoms with Crippen LogP contribution in [0, 0.1) is 0 Å². The fourth-order valence-electron chi connectivity index (χ4n) is 1.17. The van der Waals surface area contributed by atoms with E-state index in [0.717, 1.165) is 0 Å². The number of nitrogens with zero attached hydrogens (tertiary/aromatic N) is 3. The van der Waals surface area contributed by atoms with Crippen LogP contribution in [0.4, 0.5) is 0 Å². The highest BCUT2D eigenvalue weighted by atomic mass is 16.6. The Balaban J connectivity index is 2.50. The van der Waals surface area contributed by atoms with Gasteiger partial charge in [-0.05, 0) is 12.0 Å². The zero-order valence-corrected chi connectivity index (χ0v) is 6.55. The van der Waals surface area contributed by atoms with Crippen LogP contribution in [0.5, 0.6) is 0 Å². The lowest BCUT2D eigenvalue weighted by molar-refractivity contribution is -0.236. The highest BCUT2D eigenvalue weighted by Gasteiger charge is 2.33. The van der Waals surface area contributed by atoms with E-state index in [4.69, 9.17) is 15.4 Å². The van der Waals surface area contributed by atoms with Crippen molar-refractivity contribution >= 4 is 0 Å². The second-order valence-electron chi connectivity index (χ2n) is 2.83. The van der Waals surface area contributed by atoms with E-state index < -0.39 is 11.9 Å². The lowest BCUT2D eigenvalue weighted by atomic mass is 10.0. The maximum Gasteiger partial charge on any atom is 0.173 e. The molecule has 1 fully saturated rings. The summed E-state index contributed by atoms with van der Waals surface area (Å²) in [6.07, 6.45) is 0.0440. The number of aliphatic hydroxyl groups is 2. The van der Waals surface area contributed by atoms with E-state index in [1.54, 1.807) is 0 Å². The SMILES string of the molecule is [N-]=[N+]=NCC1(O)CC(O)CCO1. The van der Waals surface area contributed by atoms with E-state index in [0.29, 0.717) is 13.0 Å². The number of rotatable bonds is 2. The van der Waals surface area contributed by atoms with Crippen molar-refractivity contribution < 1.29 is 14.9 Å². The lowest BCUT2D eigenvalue weighted by Crippen LogP contribution is -2.44. The van der Waals surface area contributed by atoms with Crippen LogP contribution in [-0.4, -0.2) is 35.3 Å². The summed E-state index contributed by atoms with van der Waals surface area (Å²) in [7, 11) is 0. The van der Waals surface area contributed by atoms with E-state index in [1.165, 1.54) is 0 Å². The monoisotopic (exact) mass is 173 g/mol. The van der Waals surface area contributed by atoms with E-state index in [1.807, 2.05) is 0 Å². The van der Waals surface area contributed by atoms with Gasteiger partial charge in [0.05, 0.1) is 19.3 Å². The van der Waals surface area contributed by atoms with Crippen LogP contribution in [0.3, 0.4) is 0 Å². The third-order valence-corrected chi connectivity index (χ3v) is 1.76. The smallest absolute Gasteiger partial charge is 0.173 e. The molecule has 0 bridgehead atoms. The topological polar surface area (TPSA) is 98.5 Å². The summed E-state index contributed by atoms with van der Waals surface area (Å²) in [5.41, 5.74) is 8.01. The highest BCUT2D eigenvalue weighted by Crippen LogP contribution is 2.22. The van der Waals surface area contributed by atoms with Crippen LogP contribution in [0.15, 0.2) is 5.11 Å². The van der Waals surface area contributed by atoms with Gasteiger partial charge in [-0.25, -0.2) is 0 Å². The second kappa shape index (κ2) is 3.73. The maximum atomic E-state index is 9.53. The van der Waals surface area contributed by atoms with Gasteiger partial charge in [-0.15, -0.1) is 0 Å². The van der Waals surface area contributed by atoms with Gasteiger partial charge in [-0.1, -0.05) is 5.11 Å². The molecule has 1 rings (SSSR count). The van der Waals surface area contributed by atoms with Crippen molar-refractivity contribution in [2.45, 2.75) is 24.7 Å². The van der Waals surface area contributed by atoms with Crippen molar-refractivity contribution in [1.29, 1.82) is 0 Å². The average molecular weight is 173 g/mol. The molecule has 1 heterocycles. The molecule has 0 aromatic heterocycles. The van der Waals surface area contributed by atoms with Crippen molar-refractivity contribution in [1.82, 2.24) is 0 Å². The largest absolute Gasteiger partial charge is 0.393 e. The number of aliphatic hydroxyl groups excluding tert-OH is 1. The van der Waals surface area contributed by atoms with Gasteiger partial charge in [0.25, 0.3) is 0 Å². The fourth-order valence-corrected chi connectivity index (χ4v) is 1.17. The summed E-state index contributed by atoms with van der Waals surface area (Å²) in [5.74, 6) is -1.47. The van der Waals surface area contributed by atoms with Gasteiger partial charge in [0.1, 0.15) is 0 Å². The Kier molecular flexibility index (Phi) is 2.88. The Morgan fingerprint density at radius 2 is 2.50 bits per heavy atom. The Labute approximate surface area is 69.4 Å². The molecular weight excluding hydrogens is 162 g/mol. The van der Waals surface area contributed by atoms with Crippen molar-refractivity contribution in [3.8, 4) is 0 Å². The molecule has 0 aliphatic carbocycles. The molecule has 1 aliphatic heterocycles. The van der Waals surface area contributed by atoms with Crippen LogP contribution < -0.4 is 0 Å². The first kappa shape index (κ1) is 9.28. The first-order valence-electron chi connectivity index (χ1n) is 3.71. The number of hydrogen-bond donors (Lipinski definition) is 2. The molecule has 12 heavy (non-hydrogen) atoms. The maximum absolute atomic E-state index is 9.53. The zero-order valence-electron chi connectivity index (χ0n) is 6.55. The summed E-state index contributed by atoms with van der Waals surface area (Å²) in [6.45, 7) is 0.138. The van der Waals surface area contributed by atoms with Crippen molar-refractivity contribution in [3.05, 3.63) is 10.4 Å². The van der Waals surface area contributed by atoms with Gasteiger partial charge in [-0.3, -0.25) is 0 Å². The molecule has 0 aromatic rings. The number of azide groups is 1. The number of hydrogen-bond acceptors (Lipinski definition) is 4. The first-order chi connectivity index (χ1) is 5.66. The zero-order chi connectivity index (χ0) is 9.03. The molecule has 1 saturated heterocycles. The Bertz CT molecular complexity index is 204. The van der Waals surface area contributed by atoms with Crippen molar-refractivity contribution in [2.75, 3.05) is 13.2 Å². The van der Waals surface area contributed by atoms with Crippen molar-refractivity contribution in [2.24, 2.45) is 5.11 Å². The van der Waals surface area contributed by atoms with Crippen LogP contribution in [0.2, 0.25) is 0 Å². The molecule has 2 N–H and O–H groups in total. The first-order valence-corrected chi connectivity index (χ1v) is 3.71. The molecule has 6 heteroatoms. The standard InChI is InChI=1S/C6H11N3O3/c7-9-8-4-6(11)3-5(10)1-2-12-6/h5,10-11H,1-4H2. The van der Waals surface area contributed by atoms with Gasteiger partial charge in [-0.2, -0.15) is 0 Å². The minimum Gasteiger partial charge on any atom is -0.393 e. The molecule has 68 valence electrons. The summed E-state index contributed by atoms with van der Waals surface area (Å²) >= 11 is 0. The predicted octanol–water partition coefficient (Wildman–Crippen LogP) is 0.157. The molecule has 0 spiro atoms. The molecule has 0 aromatic carbocycles. The third-order valence-electron chi connectivity index (χ3n) is 1.76. The summed E-state index contributed by atoms with van der Waals surface area (Å²) in [6, 6.07) is 0. The fraction of sp³-hybridized carbons (Fsp3) is 1.00. The van der Waals surface area contributed by atoms with Crippen LogP contribution >= 0.6 is 0 Å². The highest BCUT2D eigenvalue weighted by molar-refractivity contribution is 4.79. The number of ether oxygens (including phenoxy) is 1. The summed E-state index contributed by atoms with van der Waals surface area (Å²) in [4.78, 5) is 2.50. The average Bonchev–Trinajstić information content (AvgIpc) is 2.01. The van der Waals surface area contributed by atoms with Crippen LogP contribution in [0.1, 0.15) is 12.8 Å². The Morgan fingerprint density at radius 3 is 3.08 bits per heavy atom. The van der Waals surface area contributed by atoms with E-state index in [9.17, 15) is 5.11 Å². The summed E-state index contributed by atoms with van der Waals surface area (Å²) in [5, 5.41) is 21.9. The van der Waals surface area contributed by atoms with Crippen molar-refractivity contribution in [3.63, 3.8) is 0 Å². The molecule has 0 radical (unpaired) electrons. The molecule has 2 unspecified atom stereocenters. The summed E-state index contributed by atoms with van der Waals surface area (Å²) < 4.78 is 4.97. The van der Waals surface area contributed by atoms with E-state index in [2.05, 4.69) is 10.0 Å². The van der Waals surface area contributed by atoms with Gasteiger partial charge >= 0.3 is 0 Å². The quantitative estimate of drug-likeness (QED) is 0.353. The van der Waals surface area contributed by atoms with Gasteiger partial charge in [0.15, 0.2) is 5.79 Å². The van der Waals surface area contributed by atoms with Gasteiger partial charge < -0.3 is 14.9 Å². The minimum absolute atomic E-state index is 0.103. The van der Waals surface area contributed by atoms with Gasteiger partial charge in [0.2, 0.25) is 0 Å². The molecule has 0 amide bonds. The van der Waals surface area contributed by atoms with Crippen LogP contribution in [0.25, 0.3) is 10.4 Å². The molecule has 2 atom stereocenters. The Morgan fingerprint density at radius 1 is 1.75 bits per heavy atom. The Hall–Kier alpha value is -0.810. The molecular formula is C6H11N3O3. The third kappa shape index (κ3) is 2.35. The van der Waals surface area contributed by atoms with Crippen LogP contribution in [-0.2, 0) is 4.74 Å². The van der Waals surface area contributed by atoms with Gasteiger partial charge in [0, 0.05) is 11.3 Å². The van der Waals surface area contributed by atoms with E-state index >= 15 is 0 Å². The molecule has 1 aliphatic rings. The van der Waals surface area contributed by atoms with E-state index in [-0.39, 0.29) is 13.0 Å². The lowest BCUT2D eigenvalue weighted by Gasteiger charge is -2.33. The normalized spacial score (nSPS) is 35.7. The second-order valence-corrected chi connectivity index (χ2v) is 2.83. The minimum atomic E-state index is -1.47. The predicted molar refractivity (Wildman–Crippen MR) is 40.2 cm³/mol.